The van der Waals surface area contributed by atoms with Gasteiger partial charge in [-0.2, -0.15) is 13.2 Å². The number of rotatable bonds is 7. The molecule has 1 aromatic rings. The Hall–Kier alpha value is -1.76. The number of aliphatic carboxylic acids is 1. The van der Waals surface area contributed by atoms with Gasteiger partial charge in [0.15, 0.2) is 0 Å². The van der Waals surface area contributed by atoms with E-state index in [9.17, 15) is 18.0 Å². The minimum atomic E-state index is -4.73. The zero-order valence-corrected chi connectivity index (χ0v) is 10.8. The normalized spacial score (nSPS) is 13.0. The summed E-state index contributed by atoms with van der Waals surface area (Å²) >= 11 is 0. The van der Waals surface area contributed by atoms with Gasteiger partial charge in [0.25, 0.3) is 0 Å². The number of alkyl halides is 3. The topological polar surface area (TPSA) is 55.8 Å². The second-order valence-electron chi connectivity index (χ2n) is 4.13. The zero-order valence-electron chi connectivity index (χ0n) is 10.8. The van der Waals surface area contributed by atoms with Gasteiger partial charge in [0, 0.05) is 7.11 Å². The fraction of sp³-hybridized carbons (Fsp3) is 0.462. The third-order valence-corrected chi connectivity index (χ3v) is 2.52. The second kappa shape index (κ2) is 7.14. The van der Waals surface area contributed by atoms with E-state index in [1.165, 1.54) is 12.1 Å². The molecule has 20 heavy (non-hydrogen) atoms. The number of carboxylic acids is 1. The van der Waals surface area contributed by atoms with Crippen LogP contribution in [0.2, 0.25) is 0 Å². The Bertz CT molecular complexity index is 428. The van der Waals surface area contributed by atoms with E-state index in [1.807, 2.05) is 0 Å². The molecule has 1 N–H and O–H groups in total. The summed E-state index contributed by atoms with van der Waals surface area (Å²) in [5.41, 5.74) is 0.890. The highest BCUT2D eigenvalue weighted by atomic mass is 19.4. The SMILES string of the molecule is COCCc1ccc(OC(CC(=O)O)C(F)(F)F)cc1. The molecule has 1 aromatic carbocycles. The van der Waals surface area contributed by atoms with E-state index in [1.54, 1.807) is 19.2 Å². The van der Waals surface area contributed by atoms with E-state index in [2.05, 4.69) is 0 Å². The van der Waals surface area contributed by atoms with Crippen LogP contribution in [-0.4, -0.2) is 37.1 Å². The van der Waals surface area contributed by atoms with Gasteiger partial charge in [-0.15, -0.1) is 0 Å². The maximum Gasteiger partial charge on any atom is 0.425 e. The molecule has 7 heteroatoms. The first-order valence-corrected chi connectivity index (χ1v) is 5.86. The predicted molar refractivity (Wildman–Crippen MR) is 64.7 cm³/mol. The molecule has 1 rings (SSSR count). The summed E-state index contributed by atoms with van der Waals surface area (Å²) in [6, 6.07) is 5.99. The molecular weight excluding hydrogens is 277 g/mol. The Morgan fingerprint density at radius 1 is 1.30 bits per heavy atom. The summed E-state index contributed by atoms with van der Waals surface area (Å²) in [6.45, 7) is 0.504. The van der Waals surface area contributed by atoms with Gasteiger partial charge >= 0.3 is 12.1 Å². The van der Waals surface area contributed by atoms with Crippen LogP contribution in [0.25, 0.3) is 0 Å². The van der Waals surface area contributed by atoms with Gasteiger partial charge in [0.1, 0.15) is 5.75 Å². The maximum absolute atomic E-state index is 12.6. The monoisotopic (exact) mass is 292 g/mol. The molecule has 0 amide bonds. The fourth-order valence-corrected chi connectivity index (χ4v) is 1.50. The lowest BCUT2D eigenvalue weighted by atomic mass is 10.1. The largest absolute Gasteiger partial charge is 0.481 e. The molecule has 0 fully saturated rings. The average molecular weight is 292 g/mol. The summed E-state index contributed by atoms with van der Waals surface area (Å²) in [6.07, 6.45) is -7.58. The first-order chi connectivity index (χ1) is 9.32. The van der Waals surface area contributed by atoms with Gasteiger partial charge in [0.2, 0.25) is 6.10 Å². The van der Waals surface area contributed by atoms with Crippen molar-refractivity contribution in [1.82, 2.24) is 0 Å². The molecule has 0 aliphatic carbocycles. The van der Waals surface area contributed by atoms with Crippen LogP contribution in [0.15, 0.2) is 24.3 Å². The van der Waals surface area contributed by atoms with Crippen molar-refractivity contribution in [3.63, 3.8) is 0 Å². The van der Waals surface area contributed by atoms with Gasteiger partial charge in [-0.05, 0) is 24.1 Å². The molecule has 0 aromatic heterocycles. The maximum atomic E-state index is 12.6. The standard InChI is InChI=1S/C13H15F3O4/c1-19-7-6-9-2-4-10(5-3-9)20-11(8-12(17)18)13(14,15)16/h2-5,11H,6-8H2,1H3,(H,17,18). The van der Waals surface area contributed by atoms with Crippen molar-refractivity contribution in [2.75, 3.05) is 13.7 Å². The minimum absolute atomic E-state index is 0.0188. The van der Waals surface area contributed by atoms with Crippen LogP contribution in [-0.2, 0) is 16.0 Å². The first kappa shape index (κ1) is 16.3. The molecule has 1 unspecified atom stereocenters. The van der Waals surface area contributed by atoms with Crippen molar-refractivity contribution in [1.29, 1.82) is 0 Å². The smallest absolute Gasteiger partial charge is 0.425 e. The van der Waals surface area contributed by atoms with Crippen LogP contribution in [0.5, 0.6) is 5.75 Å². The van der Waals surface area contributed by atoms with E-state index in [0.29, 0.717) is 13.0 Å². The Labute approximate surface area is 114 Å². The van der Waals surface area contributed by atoms with Crippen LogP contribution >= 0.6 is 0 Å². The van der Waals surface area contributed by atoms with Gasteiger partial charge in [-0.3, -0.25) is 4.79 Å². The quantitative estimate of drug-likeness (QED) is 0.839. The summed E-state index contributed by atoms with van der Waals surface area (Å²) in [5, 5.41) is 8.47. The van der Waals surface area contributed by atoms with E-state index < -0.39 is 24.7 Å². The van der Waals surface area contributed by atoms with E-state index in [-0.39, 0.29) is 5.75 Å². The highest BCUT2D eigenvalue weighted by Crippen LogP contribution is 2.27. The summed E-state index contributed by atoms with van der Waals surface area (Å²) < 4.78 is 47.4. The molecule has 0 bridgehead atoms. The van der Waals surface area contributed by atoms with Gasteiger partial charge < -0.3 is 14.6 Å². The van der Waals surface area contributed by atoms with Gasteiger partial charge in [-0.25, -0.2) is 0 Å². The average Bonchev–Trinajstić information content (AvgIpc) is 2.35. The molecule has 112 valence electrons. The number of methoxy groups -OCH3 is 1. The van der Waals surface area contributed by atoms with Crippen LogP contribution in [0, 0.1) is 0 Å². The lowest BCUT2D eigenvalue weighted by Crippen LogP contribution is -2.36. The second-order valence-corrected chi connectivity index (χ2v) is 4.13. The molecule has 0 aliphatic rings. The molecule has 0 saturated carbocycles. The number of carbonyl (C=O) groups is 1. The predicted octanol–water partition coefficient (Wildman–Crippen LogP) is 2.66. The lowest BCUT2D eigenvalue weighted by Gasteiger charge is -2.20. The molecule has 0 aliphatic heterocycles. The van der Waals surface area contributed by atoms with Gasteiger partial charge in [0.05, 0.1) is 13.0 Å². The number of carboxylic acid groups (broad SMARTS) is 1. The summed E-state index contributed by atoms with van der Waals surface area (Å²) in [5.74, 6) is -1.58. The van der Waals surface area contributed by atoms with Crippen molar-refractivity contribution in [3.05, 3.63) is 29.8 Å². The Morgan fingerprint density at radius 3 is 2.35 bits per heavy atom. The molecule has 1 atom stereocenters. The Balaban J connectivity index is 2.71. The molecule has 0 spiro atoms. The van der Waals surface area contributed by atoms with Crippen molar-refractivity contribution < 1.29 is 32.5 Å². The first-order valence-electron chi connectivity index (χ1n) is 5.86. The fourth-order valence-electron chi connectivity index (χ4n) is 1.50. The lowest BCUT2D eigenvalue weighted by molar-refractivity contribution is -0.200. The molecule has 0 saturated heterocycles. The van der Waals surface area contributed by atoms with E-state index >= 15 is 0 Å². The molecule has 4 nitrogen and oxygen atoms in total. The van der Waals surface area contributed by atoms with Crippen LogP contribution < -0.4 is 4.74 Å². The number of hydrogen-bond acceptors (Lipinski definition) is 3. The van der Waals surface area contributed by atoms with Gasteiger partial charge in [-0.1, -0.05) is 12.1 Å². The van der Waals surface area contributed by atoms with Crippen molar-refractivity contribution >= 4 is 5.97 Å². The number of hydrogen-bond donors (Lipinski definition) is 1. The highest BCUT2D eigenvalue weighted by Gasteiger charge is 2.43. The minimum Gasteiger partial charge on any atom is -0.481 e. The van der Waals surface area contributed by atoms with Crippen LogP contribution in [0.1, 0.15) is 12.0 Å². The zero-order chi connectivity index (χ0) is 15.2. The van der Waals surface area contributed by atoms with Crippen molar-refractivity contribution in [3.8, 4) is 5.75 Å². The summed E-state index contributed by atoms with van der Waals surface area (Å²) in [4.78, 5) is 10.4. The molecule has 0 heterocycles. The Morgan fingerprint density at radius 2 is 1.90 bits per heavy atom. The van der Waals surface area contributed by atoms with Crippen molar-refractivity contribution in [2.45, 2.75) is 25.1 Å². The van der Waals surface area contributed by atoms with Crippen LogP contribution in [0.4, 0.5) is 13.2 Å². The van der Waals surface area contributed by atoms with Crippen molar-refractivity contribution in [2.24, 2.45) is 0 Å². The Kier molecular flexibility index (Phi) is 5.82. The third kappa shape index (κ3) is 5.48. The number of halogens is 3. The van der Waals surface area contributed by atoms with Crippen LogP contribution in [0.3, 0.4) is 0 Å². The number of ether oxygens (including phenoxy) is 2. The van der Waals surface area contributed by atoms with E-state index in [4.69, 9.17) is 14.6 Å². The number of benzene rings is 1. The third-order valence-electron chi connectivity index (χ3n) is 2.52. The molecule has 0 radical (unpaired) electrons. The molecular formula is C13H15F3O4. The van der Waals surface area contributed by atoms with E-state index in [0.717, 1.165) is 5.56 Å². The highest BCUT2D eigenvalue weighted by molar-refractivity contribution is 5.67. The summed E-state index contributed by atoms with van der Waals surface area (Å²) in [7, 11) is 1.55.